The quantitative estimate of drug-likeness (QED) is 0.460. The first-order valence-corrected chi connectivity index (χ1v) is 9.48. The van der Waals surface area contributed by atoms with Gasteiger partial charge in [-0.25, -0.2) is 24.3 Å². The van der Waals surface area contributed by atoms with Crippen LogP contribution in [0.2, 0.25) is 0 Å². The van der Waals surface area contributed by atoms with Gasteiger partial charge < -0.3 is 4.98 Å². The molecule has 0 aliphatic heterocycles. The molecule has 0 fully saturated rings. The molecule has 150 valence electrons. The van der Waals surface area contributed by atoms with E-state index in [1.165, 1.54) is 6.20 Å². The van der Waals surface area contributed by atoms with E-state index < -0.39 is 5.82 Å². The zero-order valence-electron chi connectivity index (χ0n) is 16.2. The number of fused-ring (bicyclic) bond motifs is 2. The van der Waals surface area contributed by atoms with E-state index in [1.807, 2.05) is 19.2 Å². The second-order valence-electron chi connectivity index (χ2n) is 7.06. The number of nitrogens with one attached hydrogen (secondary N) is 2. The molecule has 0 spiro atoms. The molecule has 0 atom stereocenters. The highest BCUT2D eigenvalue weighted by molar-refractivity contribution is 5.95. The summed E-state index contributed by atoms with van der Waals surface area (Å²) in [5, 5.41) is 7.29. The van der Waals surface area contributed by atoms with Crippen molar-refractivity contribution in [3.05, 3.63) is 67.0 Å². The number of aromatic nitrogens is 9. The van der Waals surface area contributed by atoms with Gasteiger partial charge in [0, 0.05) is 42.1 Å². The highest BCUT2D eigenvalue weighted by Gasteiger charge is 2.21. The van der Waals surface area contributed by atoms with Crippen molar-refractivity contribution < 1.29 is 4.39 Å². The van der Waals surface area contributed by atoms with Crippen LogP contribution in [0.25, 0.3) is 50.5 Å². The van der Waals surface area contributed by atoms with E-state index in [0.29, 0.717) is 34.0 Å². The van der Waals surface area contributed by atoms with Gasteiger partial charge in [0.05, 0.1) is 16.6 Å². The predicted octanol–water partition coefficient (Wildman–Crippen LogP) is 3.59. The lowest BCUT2D eigenvalue weighted by atomic mass is 10.1. The van der Waals surface area contributed by atoms with Crippen molar-refractivity contribution in [3.8, 4) is 28.5 Å². The van der Waals surface area contributed by atoms with Crippen molar-refractivity contribution in [2.75, 3.05) is 0 Å². The molecule has 2 N–H and O–H groups in total. The summed E-state index contributed by atoms with van der Waals surface area (Å²) in [6, 6.07) is 5.35. The van der Waals surface area contributed by atoms with Gasteiger partial charge in [-0.3, -0.25) is 14.6 Å². The summed E-state index contributed by atoms with van der Waals surface area (Å²) >= 11 is 0. The zero-order chi connectivity index (χ0) is 20.9. The van der Waals surface area contributed by atoms with Crippen molar-refractivity contribution in [2.24, 2.45) is 0 Å². The van der Waals surface area contributed by atoms with Crippen LogP contribution in [-0.4, -0.2) is 44.7 Å². The first-order chi connectivity index (χ1) is 15.2. The zero-order valence-corrected chi connectivity index (χ0v) is 16.2. The molecular weight excluding hydrogens is 397 g/mol. The molecule has 10 heteroatoms. The van der Waals surface area contributed by atoms with Crippen LogP contribution in [0.4, 0.5) is 4.39 Å². The van der Waals surface area contributed by atoms with Crippen molar-refractivity contribution >= 4 is 22.1 Å². The third-order valence-corrected chi connectivity index (χ3v) is 5.07. The maximum atomic E-state index is 15.5. The fraction of sp³-hybridized carbons (Fsp3) is 0.0476. The molecule has 0 amide bonds. The Hall–Kier alpha value is -4.47. The molecule has 0 aliphatic rings. The van der Waals surface area contributed by atoms with Gasteiger partial charge in [-0.05, 0) is 19.1 Å². The largest absolute Gasteiger partial charge is 0.336 e. The van der Waals surface area contributed by atoms with Crippen LogP contribution in [0.3, 0.4) is 0 Å². The highest BCUT2D eigenvalue weighted by Crippen LogP contribution is 2.32. The molecule has 0 aliphatic carbocycles. The lowest BCUT2D eigenvalue weighted by Crippen LogP contribution is -1.95. The van der Waals surface area contributed by atoms with Gasteiger partial charge in [0.15, 0.2) is 17.3 Å². The Morgan fingerprint density at radius 1 is 1.06 bits per heavy atom. The second-order valence-corrected chi connectivity index (χ2v) is 7.06. The molecule has 0 saturated heterocycles. The van der Waals surface area contributed by atoms with Crippen molar-refractivity contribution in [1.29, 1.82) is 0 Å². The number of pyridine rings is 3. The molecule has 6 aromatic rings. The summed E-state index contributed by atoms with van der Waals surface area (Å²) in [5.41, 5.74) is 3.91. The highest BCUT2D eigenvalue weighted by atomic mass is 19.1. The Kier molecular flexibility index (Phi) is 3.66. The van der Waals surface area contributed by atoms with E-state index in [4.69, 9.17) is 0 Å². The molecule has 0 saturated carbocycles. The number of aryl methyl sites for hydroxylation is 1. The van der Waals surface area contributed by atoms with Crippen LogP contribution in [0.1, 0.15) is 5.69 Å². The number of imidazole rings is 2. The summed E-state index contributed by atoms with van der Waals surface area (Å²) in [6.07, 6.45) is 9.92. The molecule has 0 radical (unpaired) electrons. The average Bonchev–Trinajstić information content (AvgIpc) is 3.52. The summed E-state index contributed by atoms with van der Waals surface area (Å²) in [6.45, 7) is 1.90. The van der Waals surface area contributed by atoms with E-state index in [2.05, 4.69) is 40.1 Å². The van der Waals surface area contributed by atoms with E-state index in [0.717, 1.165) is 11.2 Å². The summed E-state index contributed by atoms with van der Waals surface area (Å²) in [5.74, 6) is 0.623. The average molecular weight is 411 g/mol. The van der Waals surface area contributed by atoms with Gasteiger partial charge in [0.25, 0.3) is 0 Å². The molecular formula is C21H14FN9. The molecule has 0 bridgehead atoms. The lowest BCUT2D eigenvalue weighted by Gasteiger charge is -2.03. The molecule has 6 rings (SSSR count). The smallest absolute Gasteiger partial charge is 0.184 e. The van der Waals surface area contributed by atoms with Crippen LogP contribution in [0.15, 0.2) is 55.5 Å². The van der Waals surface area contributed by atoms with E-state index in [-0.39, 0.29) is 11.0 Å². The molecule has 31 heavy (non-hydrogen) atoms. The van der Waals surface area contributed by atoms with Crippen LogP contribution in [0.5, 0.6) is 0 Å². The van der Waals surface area contributed by atoms with Gasteiger partial charge in [0.1, 0.15) is 23.4 Å². The third kappa shape index (κ3) is 2.69. The lowest BCUT2D eigenvalue weighted by molar-refractivity contribution is 0.642. The van der Waals surface area contributed by atoms with Gasteiger partial charge >= 0.3 is 0 Å². The minimum absolute atomic E-state index is 0.258. The summed E-state index contributed by atoms with van der Waals surface area (Å²) in [7, 11) is 0. The van der Waals surface area contributed by atoms with E-state index in [1.54, 1.807) is 41.6 Å². The van der Waals surface area contributed by atoms with Gasteiger partial charge in [-0.2, -0.15) is 5.10 Å². The molecule has 6 aromatic heterocycles. The van der Waals surface area contributed by atoms with Crippen LogP contribution in [0, 0.1) is 12.7 Å². The maximum Gasteiger partial charge on any atom is 0.184 e. The second kappa shape index (κ2) is 6.52. The Bertz CT molecular complexity index is 1560. The summed E-state index contributed by atoms with van der Waals surface area (Å²) in [4.78, 5) is 25.0. The minimum Gasteiger partial charge on any atom is -0.336 e. The van der Waals surface area contributed by atoms with Crippen LogP contribution in [-0.2, 0) is 0 Å². The Labute approximate surface area is 174 Å². The Balaban J connectivity index is 1.56. The number of rotatable bonds is 3. The molecule has 0 unspecified atom stereocenters. The van der Waals surface area contributed by atoms with Crippen molar-refractivity contribution in [3.63, 3.8) is 0 Å². The number of H-pyrrole nitrogens is 2. The van der Waals surface area contributed by atoms with E-state index in [9.17, 15) is 0 Å². The Morgan fingerprint density at radius 2 is 2.00 bits per heavy atom. The number of hydrogen-bond donors (Lipinski definition) is 2. The standard InChI is InChI=1S/C21H14FN9/c1-11-9-31(10-26-11)21-17-14(4-6-24-21)27-20(28-17)18-15-16(22)13(8-25-19(15)30-29-18)12-3-2-5-23-7-12/h2-10H,1H3,(H,27,28)(H,25,29,30). The molecule has 9 nitrogen and oxygen atoms in total. The van der Waals surface area contributed by atoms with Crippen molar-refractivity contribution in [1.82, 2.24) is 44.7 Å². The SMILES string of the molecule is Cc1cn(-c2nccc3[nH]c(-c4[nH]nc5ncc(-c6cccnc6)c(F)c45)nc23)cn1. The topological polar surface area (TPSA) is 114 Å². The fourth-order valence-electron chi connectivity index (χ4n) is 3.61. The van der Waals surface area contributed by atoms with E-state index >= 15 is 4.39 Å². The van der Waals surface area contributed by atoms with Crippen LogP contribution >= 0.6 is 0 Å². The minimum atomic E-state index is -0.439. The Morgan fingerprint density at radius 3 is 2.81 bits per heavy atom. The molecule has 6 heterocycles. The predicted molar refractivity (Wildman–Crippen MR) is 112 cm³/mol. The van der Waals surface area contributed by atoms with Crippen molar-refractivity contribution in [2.45, 2.75) is 6.92 Å². The van der Waals surface area contributed by atoms with Gasteiger partial charge in [0.2, 0.25) is 0 Å². The number of hydrogen-bond acceptors (Lipinski definition) is 6. The first kappa shape index (κ1) is 17.4. The third-order valence-electron chi connectivity index (χ3n) is 5.07. The maximum absolute atomic E-state index is 15.5. The number of nitrogens with zero attached hydrogens (tertiary/aromatic N) is 7. The van der Waals surface area contributed by atoms with Gasteiger partial charge in [-0.15, -0.1) is 0 Å². The normalized spacial score (nSPS) is 11.5. The van der Waals surface area contributed by atoms with Gasteiger partial charge in [-0.1, -0.05) is 6.07 Å². The number of aromatic amines is 2. The molecule has 0 aromatic carbocycles. The summed E-state index contributed by atoms with van der Waals surface area (Å²) < 4.78 is 17.3. The fourth-order valence-corrected chi connectivity index (χ4v) is 3.61. The monoisotopic (exact) mass is 411 g/mol. The van der Waals surface area contributed by atoms with Crippen LogP contribution < -0.4 is 0 Å². The number of halogens is 1. The first-order valence-electron chi connectivity index (χ1n) is 9.48.